The first-order valence-corrected chi connectivity index (χ1v) is 12.5. The van der Waals surface area contributed by atoms with Crippen LogP contribution < -0.4 is 10.6 Å². The van der Waals surface area contributed by atoms with Crippen molar-refractivity contribution >= 4 is 0 Å². The van der Waals surface area contributed by atoms with E-state index in [0.717, 1.165) is 24.9 Å². The van der Waals surface area contributed by atoms with E-state index in [1.54, 1.807) is 0 Å². The van der Waals surface area contributed by atoms with Crippen LogP contribution in [0.1, 0.15) is 37.8 Å². The molecule has 2 N–H and O–H groups in total. The van der Waals surface area contributed by atoms with Crippen molar-refractivity contribution in [2.75, 3.05) is 40.3 Å². The smallest absolute Gasteiger partial charge is 0.0234 e. The second-order valence-electron chi connectivity index (χ2n) is 9.76. The number of likely N-dealkylation sites (tertiary alicyclic amines) is 2. The summed E-state index contributed by atoms with van der Waals surface area (Å²) in [5.41, 5.74) is 2.85. The lowest BCUT2D eigenvalue weighted by Gasteiger charge is -2.37. The topological polar surface area (TPSA) is 30.5 Å². The van der Waals surface area contributed by atoms with E-state index in [4.69, 9.17) is 0 Å². The molecule has 2 aromatic carbocycles. The highest BCUT2D eigenvalue weighted by Gasteiger charge is 2.25. The molecule has 0 amide bonds. The normalized spacial score (nSPS) is 26.9. The van der Waals surface area contributed by atoms with Gasteiger partial charge in [0, 0.05) is 38.3 Å². The third kappa shape index (κ3) is 7.70. The van der Waals surface area contributed by atoms with Crippen LogP contribution in [0, 0.1) is 11.8 Å². The number of benzene rings is 2. The van der Waals surface area contributed by atoms with Gasteiger partial charge in [-0.15, -0.1) is 0 Å². The molecule has 2 saturated heterocycles. The molecule has 4 unspecified atom stereocenters. The van der Waals surface area contributed by atoms with Gasteiger partial charge in [0.2, 0.25) is 0 Å². The predicted octanol–water partition coefficient (Wildman–Crippen LogP) is 4.23. The average molecular weight is 437 g/mol. The predicted molar refractivity (Wildman–Crippen MR) is 137 cm³/mol. The van der Waals surface area contributed by atoms with Crippen LogP contribution in [-0.2, 0) is 13.1 Å². The average Bonchev–Trinajstić information content (AvgIpc) is 2.83. The Morgan fingerprint density at radius 1 is 0.656 bits per heavy atom. The molecule has 4 heteroatoms. The molecule has 2 aliphatic rings. The third-order valence-electron chi connectivity index (χ3n) is 7.32. The molecule has 0 aromatic heterocycles. The molecule has 0 radical (unpaired) electrons. The van der Waals surface area contributed by atoms with Gasteiger partial charge >= 0.3 is 0 Å². The molecule has 0 saturated carbocycles. The lowest BCUT2D eigenvalue weighted by atomic mass is 9.93. The Balaban J connectivity index is 0.000000181. The summed E-state index contributed by atoms with van der Waals surface area (Å²) in [5, 5.41) is 6.86. The van der Waals surface area contributed by atoms with E-state index in [2.05, 4.69) is 109 Å². The SMILES string of the molecule is CNC1CN(Cc2ccccc2)CCC1C.CNC1CN(Cc2ccccc2)CCC1C. The van der Waals surface area contributed by atoms with Crippen LogP contribution in [0.2, 0.25) is 0 Å². The highest BCUT2D eigenvalue weighted by molar-refractivity contribution is 5.15. The fraction of sp³-hybridized carbons (Fsp3) is 0.571. The molecular weight excluding hydrogens is 392 g/mol. The summed E-state index contributed by atoms with van der Waals surface area (Å²) in [7, 11) is 4.15. The van der Waals surface area contributed by atoms with Gasteiger partial charge in [-0.05, 0) is 63.0 Å². The van der Waals surface area contributed by atoms with Crippen LogP contribution in [-0.4, -0.2) is 62.2 Å². The quantitative estimate of drug-likeness (QED) is 0.709. The summed E-state index contributed by atoms with van der Waals surface area (Å²) in [6.07, 6.45) is 2.61. The van der Waals surface area contributed by atoms with Gasteiger partial charge in [-0.2, -0.15) is 0 Å². The van der Waals surface area contributed by atoms with Gasteiger partial charge in [-0.25, -0.2) is 0 Å². The summed E-state index contributed by atoms with van der Waals surface area (Å²) < 4.78 is 0. The number of hydrogen-bond donors (Lipinski definition) is 2. The first kappa shape index (κ1) is 24.9. The summed E-state index contributed by atoms with van der Waals surface area (Å²) >= 11 is 0. The fourth-order valence-corrected chi connectivity index (χ4v) is 5.00. The van der Waals surface area contributed by atoms with Crippen LogP contribution in [0.25, 0.3) is 0 Å². The number of nitrogens with zero attached hydrogens (tertiary/aromatic N) is 2. The van der Waals surface area contributed by atoms with Crippen LogP contribution in [0.15, 0.2) is 60.7 Å². The van der Waals surface area contributed by atoms with E-state index in [1.807, 2.05) is 0 Å². The number of likely N-dealkylation sites (N-methyl/N-ethyl adjacent to an activating group) is 2. The van der Waals surface area contributed by atoms with Crippen molar-refractivity contribution in [3.8, 4) is 0 Å². The van der Waals surface area contributed by atoms with Gasteiger partial charge in [0.1, 0.15) is 0 Å². The number of piperidine rings is 2. The Labute approximate surface area is 196 Å². The number of hydrogen-bond acceptors (Lipinski definition) is 4. The molecule has 176 valence electrons. The van der Waals surface area contributed by atoms with Crippen LogP contribution in [0.3, 0.4) is 0 Å². The van der Waals surface area contributed by atoms with E-state index in [9.17, 15) is 0 Å². The van der Waals surface area contributed by atoms with Crippen LogP contribution in [0.5, 0.6) is 0 Å². The van der Waals surface area contributed by atoms with Crippen molar-refractivity contribution in [1.29, 1.82) is 0 Å². The Kier molecular flexibility index (Phi) is 10.2. The van der Waals surface area contributed by atoms with E-state index in [-0.39, 0.29) is 0 Å². The molecule has 0 spiro atoms. The maximum Gasteiger partial charge on any atom is 0.0234 e. The highest BCUT2D eigenvalue weighted by atomic mass is 15.2. The molecule has 2 aliphatic heterocycles. The molecule has 4 rings (SSSR count). The number of rotatable bonds is 6. The van der Waals surface area contributed by atoms with E-state index in [1.165, 1.54) is 50.1 Å². The Hall–Kier alpha value is -1.72. The van der Waals surface area contributed by atoms with Gasteiger partial charge in [0.05, 0.1) is 0 Å². The van der Waals surface area contributed by atoms with Crippen LogP contribution in [0.4, 0.5) is 0 Å². The van der Waals surface area contributed by atoms with Gasteiger partial charge in [-0.1, -0.05) is 74.5 Å². The number of nitrogens with one attached hydrogen (secondary N) is 2. The van der Waals surface area contributed by atoms with Crippen molar-refractivity contribution in [1.82, 2.24) is 20.4 Å². The van der Waals surface area contributed by atoms with Gasteiger partial charge in [0.25, 0.3) is 0 Å². The molecule has 0 aliphatic carbocycles. The summed E-state index contributed by atoms with van der Waals surface area (Å²) in [5.74, 6) is 1.61. The molecule has 4 atom stereocenters. The summed E-state index contributed by atoms with van der Waals surface area (Å²) in [6, 6.07) is 22.8. The van der Waals surface area contributed by atoms with Crippen molar-refractivity contribution in [2.24, 2.45) is 11.8 Å². The lowest BCUT2D eigenvalue weighted by Crippen LogP contribution is -2.48. The molecular formula is C28H44N4. The molecule has 32 heavy (non-hydrogen) atoms. The molecule has 2 aromatic rings. The van der Waals surface area contributed by atoms with Gasteiger partial charge in [-0.3, -0.25) is 9.80 Å². The van der Waals surface area contributed by atoms with Gasteiger partial charge in [0.15, 0.2) is 0 Å². The minimum Gasteiger partial charge on any atom is -0.315 e. The van der Waals surface area contributed by atoms with Crippen LogP contribution >= 0.6 is 0 Å². The zero-order valence-corrected chi connectivity index (χ0v) is 20.6. The zero-order valence-electron chi connectivity index (χ0n) is 20.6. The van der Waals surface area contributed by atoms with E-state index in [0.29, 0.717) is 12.1 Å². The lowest BCUT2D eigenvalue weighted by molar-refractivity contribution is 0.147. The molecule has 0 bridgehead atoms. The Morgan fingerprint density at radius 2 is 1.03 bits per heavy atom. The van der Waals surface area contributed by atoms with Gasteiger partial charge < -0.3 is 10.6 Å². The van der Waals surface area contributed by atoms with E-state index >= 15 is 0 Å². The van der Waals surface area contributed by atoms with Crippen molar-refractivity contribution in [3.05, 3.63) is 71.8 Å². The maximum atomic E-state index is 3.43. The molecule has 2 fully saturated rings. The Morgan fingerprint density at radius 3 is 1.38 bits per heavy atom. The standard InChI is InChI=1S/2C14H22N2/c2*1-12-8-9-16(11-14(12)15-2)10-13-6-4-3-5-7-13/h2*3-7,12,14-15H,8-11H2,1-2H3. The largest absolute Gasteiger partial charge is 0.315 e. The minimum absolute atomic E-state index is 0.650. The minimum atomic E-state index is 0.650. The summed E-state index contributed by atoms with van der Waals surface area (Å²) in [4.78, 5) is 5.10. The third-order valence-corrected chi connectivity index (χ3v) is 7.32. The molecule has 2 heterocycles. The summed E-state index contributed by atoms with van der Waals surface area (Å²) in [6.45, 7) is 11.7. The second kappa shape index (κ2) is 13.1. The van der Waals surface area contributed by atoms with E-state index < -0.39 is 0 Å². The maximum absolute atomic E-state index is 3.43. The second-order valence-corrected chi connectivity index (χ2v) is 9.76. The highest BCUT2D eigenvalue weighted by Crippen LogP contribution is 2.19. The fourth-order valence-electron chi connectivity index (χ4n) is 5.00. The first-order valence-electron chi connectivity index (χ1n) is 12.5. The Bertz CT molecular complexity index is 685. The zero-order chi connectivity index (χ0) is 22.8. The first-order chi connectivity index (χ1) is 15.6. The van der Waals surface area contributed by atoms with Crippen molar-refractivity contribution < 1.29 is 0 Å². The van der Waals surface area contributed by atoms with Crippen molar-refractivity contribution in [2.45, 2.75) is 51.9 Å². The molecule has 4 nitrogen and oxygen atoms in total. The monoisotopic (exact) mass is 436 g/mol. The van der Waals surface area contributed by atoms with Crippen molar-refractivity contribution in [3.63, 3.8) is 0 Å².